The van der Waals surface area contributed by atoms with E-state index in [-0.39, 0.29) is 26.4 Å². The normalized spacial score (nSPS) is 18.7. The molecule has 0 aromatic heterocycles. The highest BCUT2D eigenvalue weighted by molar-refractivity contribution is 5.75. The maximum absolute atomic E-state index is 11.8. The highest BCUT2D eigenvalue weighted by Crippen LogP contribution is 2.15. The zero-order valence-corrected chi connectivity index (χ0v) is 10.5. The van der Waals surface area contributed by atoms with Crippen molar-refractivity contribution in [1.82, 2.24) is 10.0 Å². The molecule has 0 bridgehead atoms. The van der Waals surface area contributed by atoms with Crippen molar-refractivity contribution in [3.8, 4) is 0 Å². The second-order valence-corrected chi connectivity index (χ2v) is 3.50. The molecule has 1 atom stereocenters. The smallest absolute Gasteiger partial charge is 0.429 e. The van der Waals surface area contributed by atoms with Crippen molar-refractivity contribution in [2.45, 2.75) is 19.9 Å². The molecule has 0 spiro atoms. The molecular weight excluding hydrogens is 240 g/mol. The van der Waals surface area contributed by atoms with Crippen LogP contribution in [0.5, 0.6) is 0 Å². The molecule has 0 aliphatic carbocycles. The molecule has 1 aliphatic rings. The molecule has 0 unspecified atom stereocenters. The van der Waals surface area contributed by atoms with Crippen molar-refractivity contribution in [3.63, 3.8) is 0 Å². The highest BCUT2D eigenvalue weighted by atomic mass is 16.6. The number of rotatable bonds is 3. The molecule has 7 nitrogen and oxygen atoms in total. The van der Waals surface area contributed by atoms with Crippen molar-refractivity contribution in [3.05, 3.63) is 12.2 Å². The second kappa shape index (κ2) is 6.85. The quantitative estimate of drug-likeness (QED) is 0.756. The lowest BCUT2D eigenvalue weighted by molar-refractivity contribution is -0.0428. The van der Waals surface area contributed by atoms with Crippen LogP contribution in [0.2, 0.25) is 0 Å². The van der Waals surface area contributed by atoms with Gasteiger partial charge in [0.15, 0.2) is 0 Å². The average molecular weight is 258 g/mol. The molecule has 0 aromatic rings. The van der Waals surface area contributed by atoms with Gasteiger partial charge in [0.1, 0.15) is 0 Å². The molecule has 18 heavy (non-hydrogen) atoms. The van der Waals surface area contributed by atoms with Crippen LogP contribution in [-0.2, 0) is 9.47 Å². The van der Waals surface area contributed by atoms with Crippen LogP contribution in [0.15, 0.2) is 12.2 Å². The Labute approximate surface area is 106 Å². The lowest BCUT2D eigenvalue weighted by Crippen LogP contribution is -2.57. The summed E-state index contributed by atoms with van der Waals surface area (Å²) in [5, 5.41) is 11.4. The van der Waals surface area contributed by atoms with Gasteiger partial charge in [-0.3, -0.25) is 0 Å². The van der Waals surface area contributed by atoms with E-state index in [4.69, 9.17) is 9.47 Å². The van der Waals surface area contributed by atoms with E-state index in [1.807, 2.05) is 0 Å². The minimum absolute atomic E-state index is 0.188. The third kappa shape index (κ3) is 3.13. The Bertz CT molecular complexity index is 331. The summed E-state index contributed by atoms with van der Waals surface area (Å²) >= 11 is 0. The lowest BCUT2D eigenvalue weighted by atomic mass is 10.2. The van der Waals surface area contributed by atoms with Crippen molar-refractivity contribution in [2.24, 2.45) is 0 Å². The summed E-state index contributed by atoms with van der Waals surface area (Å²) in [6.07, 6.45) is 2.00. The number of aliphatic hydroxyl groups excluding tert-OH is 1. The summed E-state index contributed by atoms with van der Waals surface area (Å²) in [4.78, 5) is 23.5. The van der Waals surface area contributed by atoms with Gasteiger partial charge in [0.25, 0.3) is 0 Å². The summed E-state index contributed by atoms with van der Waals surface area (Å²) in [5.41, 5.74) is 0. The molecule has 1 N–H and O–H groups in total. The summed E-state index contributed by atoms with van der Waals surface area (Å²) in [7, 11) is 0. The van der Waals surface area contributed by atoms with Gasteiger partial charge in [-0.25, -0.2) is 19.6 Å². The van der Waals surface area contributed by atoms with Crippen LogP contribution in [0.3, 0.4) is 0 Å². The van der Waals surface area contributed by atoms with E-state index in [1.54, 1.807) is 26.0 Å². The first-order valence-electron chi connectivity index (χ1n) is 5.83. The topological polar surface area (TPSA) is 79.3 Å². The fourth-order valence-corrected chi connectivity index (χ4v) is 1.59. The van der Waals surface area contributed by atoms with Crippen molar-refractivity contribution in [1.29, 1.82) is 0 Å². The van der Waals surface area contributed by atoms with Crippen molar-refractivity contribution in [2.75, 3.05) is 26.4 Å². The van der Waals surface area contributed by atoms with E-state index in [0.29, 0.717) is 0 Å². The molecule has 0 radical (unpaired) electrons. The lowest BCUT2D eigenvalue weighted by Gasteiger charge is -2.38. The first kappa shape index (κ1) is 14.3. The maximum Gasteiger partial charge on any atom is 0.429 e. The van der Waals surface area contributed by atoms with Gasteiger partial charge < -0.3 is 14.6 Å². The molecule has 0 fully saturated rings. The van der Waals surface area contributed by atoms with E-state index >= 15 is 0 Å². The predicted octanol–water partition coefficient (Wildman–Crippen LogP) is 0.749. The standard InChI is InChI=1S/C11H18N2O5/c1-3-17-10(15)12-7-5-6-9(8-14)13(12)11(16)18-4-2/h5-6,9,14H,3-4,7-8H2,1-2H3/t9-/m0/s1. The largest absolute Gasteiger partial charge is 0.448 e. The molecule has 102 valence electrons. The van der Waals surface area contributed by atoms with Crippen LogP contribution in [0, 0.1) is 0 Å². The molecule has 7 heteroatoms. The summed E-state index contributed by atoms with van der Waals surface area (Å²) in [5.74, 6) is 0. The number of nitrogens with zero attached hydrogens (tertiary/aromatic N) is 2. The number of hydrogen-bond acceptors (Lipinski definition) is 5. The van der Waals surface area contributed by atoms with E-state index in [1.165, 1.54) is 0 Å². The average Bonchev–Trinajstić information content (AvgIpc) is 2.38. The first-order valence-corrected chi connectivity index (χ1v) is 5.83. The van der Waals surface area contributed by atoms with Gasteiger partial charge in [0, 0.05) is 0 Å². The van der Waals surface area contributed by atoms with Gasteiger partial charge in [0.2, 0.25) is 0 Å². The van der Waals surface area contributed by atoms with E-state index in [0.717, 1.165) is 10.0 Å². The van der Waals surface area contributed by atoms with Gasteiger partial charge in [-0.15, -0.1) is 0 Å². The zero-order chi connectivity index (χ0) is 13.5. The predicted molar refractivity (Wildman–Crippen MR) is 62.6 cm³/mol. The molecule has 2 amide bonds. The van der Waals surface area contributed by atoms with Crippen LogP contribution in [0.1, 0.15) is 13.8 Å². The fraction of sp³-hybridized carbons (Fsp3) is 0.636. The Kier molecular flexibility index (Phi) is 5.44. The first-order chi connectivity index (χ1) is 8.65. The molecule has 1 heterocycles. The molecule has 0 saturated heterocycles. The number of hydrogen-bond donors (Lipinski definition) is 1. The van der Waals surface area contributed by atoms with E-state index in [9.17, 15) is 14.7 Å². The number of carbonyl (C=O) groups is 2. The van der Waals surface area contributed by atoms with Crippen LogP contribution >= 0.6 is 0 Å². The molecule has 0 saturated carbocycles. The second-order valence-electron chi connectivity index (χ2n) is 3.50. The van der Waals surface area contributed by atoms with Gasteiger partial charge >= 0.3 is 12.2 Å². The van der Waals surface area contributed by atoms with Crippen LogP contribution in [-0.4, -0.2) is 59.7 Å². The highest BCUT2D eigenvalue weighted by Gasteiger charge is 2.34. The third-order valence-electron chi connectivity index (χ3n) is 2.33. The van der Waals surface area contributed by atoms with E-state index in [2.05, 4.69) is 0 Å². The Balaban J connectivity index is 2.88. The zero-order valence-electron chi connectivity index (χ0n) is 10.5. The summed E-state index contributed by atoms with van der Waals surface area (Å²) in [6, 6.07) is -0.623. The number of amides is 2. The SMILES string of the molecule is CCOC(=O)N1CC=C[C@@H](CO)N1C(=O)OCC. The van der Waals surface area contributed by atoms with Gasteiger partial charge in [-0.2, -0.15) is 0 Å². The van der Waals surface area contributed by atoms with Gasteiger partial charge in [-0.1, -0.05) is 12.2 Å². The summed E-state index contributed by atoms with van der Waals surface area (Å²) in [6.45, 7) is 3.64. The molecule has 1 aliphatic heterocycles. The minimum Gasteiger partial charge on any atom is -0.448 e. The minimum atomic E-state index is -0.686. The van der Waals surface area contributed by atoms with Gasteiger partial charge in [-0.05, 0) is 13.8 Å². The van der Waals surface area contributed by atoms with Gasteiger partial charge in [0.05, 0.1) is 32.4 Å². The van der Waals surface area contributed by atoms with Crippen molar-refractivity contribution >= 4 is 12.2 Å². The summed E-state index contributed by atoms with van der Waals surface area (Å²) < 4.78 is 9.72. The fourth-order valence-electron chi connectivity index (χ4n) is 1.59. The Morgan fingerprint density at radius 2 is 1.89 bits per heavy atom. The van der Waals surface area contributed by atoms with Crippen molar-refractivity contribution < 1.29 is 24.2 Å². The van der Waals surface area contributed by atoms with Crippen LogP contribution in [0.4, 0.5) is 9.59 Å². The molecule has 1 rings (SSSR count). The molecular formula is C11H18N2O5. The number of hydrazine groups is 1. The molecule has 0 aromatic carbocycles. The van der Waals surface area contributed by atoms with Crippen LogP contribution in [0.25, 0.3) is 0 Å². The Morgan fingerprint density at radius 3 is 2.44 bits per heavy atom. The van der Waals surface area contributed by atoms with Crippen LogP contribution < -0.4 is 0 Å². The van der Waals surface area contributed by atoms with E-state index < -0.39 is 18.2 Å². The number of ether oxygens (including phenoxy) is 2. The number of aliphatic hydroxyl groups is 1. The third-order valence-corrected chi connectivity index (χ3v) is 2.33. The monoisotopic (exact) mass is 258 g/mol. The maximum atomic E-state index is 11.8. The number of carbonyl (C=O) groups excluding carboxylic acids is 2. The Hall–Kier alpha value is -1.76. The Morgan fingerprint density at radius 1 is 1.28 bits per heavy atom.